The zero-order valence-electron chi connectivity index (χ0n) is 21.5. The van der Waals surface area contributed by atoms with E-state index in [1.807, 2.05) is 13.0 Å². The highest BCUT2D eigenvalue weighted by molar-refractivity contribution is 7.89. The van der Waals surface area contributed by atoms with Gasteiger partial charge in [-0.3, -0.25) is 9.69 Å². The number of methoxy groups -OCH3 is 1. The zero-order valence-corrected chi connectivity index (χ0v) is 23.1. The Morgan fingerprint density at radius 2 is 1.97 bits per heavy atom. The van der Waals surface area contributed by atoms with E-state index in [4.69, 9.17) is 14.5 Å². The summed E-state index contributed by atoms with van der Waals surface area (Å²) in [7, 11) is -2.19. The highest BCUT2D eigenvalue weighted by Crippen LogP contribution is 2.35. The molecule has 2 aromatic carbocycles. The van der Waals surface area contributed by atoms with Crippen molar-refractivity contribution in [3.05, 3.63) is 47.5 Å². The van der Waals surface area contributed by atoms with Crippen LogP contribution in [0.1, 0.15) is 36.8 Å². The van der Waals surface area contributed by atoms with Gasteiger partial charge in [0.05, 0.1) is 40.8 Å². The van der Waals surface area contributed by atoms with Crippen molar-refractivity contribution < 1.29 is 22.7 Å². The standard InChI is InChI=1S/C27H33N3O5S2/c1-18-14-19(2)25-24(15-18)28-27(36-25)30(17-22-7-5-13-35-22)26(31)20-6-4-12-29(16-20)37(32,33)23-10-8-21(34-3)9-11-23/h8-11,14-15,20,22H,4-7,12-13,16-17H2,1-3H3. The smallest absolute Gasteiger partial charge is 0.243 e. The van der Waals surface area contributed by atoms with E-state index in [9.17, 15) is 13.2 Å². The maximum absolute atomic E-state index is 14.0. The van der Waals surface area contributed by atoms with E-state index in [0.717, 1.165) is 34.2 Å². The highest BCUT2D eigenvalue weighted by atomic mass is 32.2. The number of sulfonamides is 1. The second kappa shape index (κ2) is 10.7. The number of carbonyl (C=O) groups excluding carboxylic acids is 1. The minimum absolute atomic E-state index is 0.0403. The van der Waals surface area contributed by atoms with Crippen LogP contribution in [0.2, 0.25) is 0 Å². The Bertz CT molecular complexity index is 1380. The first-order chi connectivity index (χ1) is 17.8. The van der Waals surface area contributed by atoms with Crippen molar-refractivity contribution in [1.82, 2.24) is 9.29 Å². The van der Waals surface area contributed by atoms with Crippen LogP contribution in [0.5, 0.6) is 5.75 Å². The Kier molecular flexibility index (Phi) is 7.53. The first kappa shape index (κ1) is 26.1. The molecule has 37 heavy (non-hydrogen) atoms. The number of hydrogen-bond acceptors (Lipinski definition) is 7. The third kappa shape index (κ3) is 5.38. The second-order valence-corrected chi connectivity index (χ2v) is 12.8. The Balaban J connectivity index is 1.42. The van der Waals surface area contributed by atoms with E-state index in [2.05, 4.69) is 13.0 Å². The molecular weight excluding hydrogens is 510 g/mol. The number of anilines is 1. The molecule has 0 aliphatic carbocycles. The van der Waals surface area contributed by atoms with Crippen molar-refractivity contribution in [3.8, 4) is 5.75 Å². The Morgan fingerprint density at radius 3 is 2.68 bits per heavy atom. The van der Waals surface area contributed by atoms with Crippen LogP contribution in [0.3, 0.4) is 0 Å². The average Bonchev–Trinajstić information content (AvgIpc) is 3.57. The molecule has 0 bridgehead atoms. The first-order valence-electron chi connectivity index (χ1n) is 12.7. The molecule has 2 fully saturated rings. The number of fused-ring (bicyclic) bond motifs is 1. The number of benzene rings is 2. The minimum Gasteiger partial charge on any atom is -0.497 e. The third-order valence-electron chi connectivity index (χ3n) is 7.15. The van der Waals surface area contributed by atoms with Crippen LogP contribution in [-0.4, -0.2) is 63.1 Å². The number of nitrogens with zero attached hydrogens (tertiary/aromatic N) is 3. The molecule has 5 rings (SSSR count). The van der Waals surface area contributed by atoms with Crippen LogP contribution in [0.4, 0.5) is 5.13 Å². The van der Waals surface area contributed by atoms with Gasteiger partial charge in [0.15, 0.2) is 5.13 Å². The summed E-state index contributed by atoms with van der Waals surface area (Å²) in [5.41, 5.74) is 3.15. The lowest BCUT2D eigenvalue weighted by molar-refractivity contribution is -0.123. The van der Waals surface area contributed by atoms with E-state index >= 15 is 0 Å². The van der Waals surface area contributed by atoms with Gasteiger partial charge >= 0.3 is 0 Å². The van der Waals surface area contributed by atoms with Crippen LogP contribution >= 0.6 is 11.3 Å². The van der Waals surface area contributed by atoms with E-state index in [1.165, 1.54) is 15.6 Å². The Hall–Kier alpha value is -2.53. The number of rotatable bonds is 7. The van der Waals surface area contributed by atoms with Gasteiger partial charge in [-0.25, -0.2) is 13.4 Å². The van der Waals surface area contributed by atoms with Gasteiger partial charge in [0, 0.05) is 19.7 Å². The number of aryl methyl sites for hydroxylation is 2. The number of amides is 1. The third-order valence-corrected chi connectivity index (χ3v) is 10.3. The van der Waals surface area contributed by atoms with Gasteiger partial charge in [0.25, 0.3) is 0 Å². The van der Waals surface area contributed by atoms with Crippen molar-refractivity contribution in [2.75, 3.05) is 38.3 Å². The highest BCUT2D eigenvalue weighted by Gasteiger charge is 2.37. The molecule has 1 amide bonds. The van der Waals surface area contributed by atoms with Gasteiger partial charge in [-0.1, -0.05) is 17.4 Å². The summed E-state index contributed by atoms with van der Waals surface area (Å²) < 4.78 is 40.3. The Morgan fingerprint density at radius 1 is 1.19 bits per heavy atom. The summed E-state index contributed by atoms with van der Waals surface area (Å²) in [5, 5.41) is 0.652. The molecule has 2 saturated heterocycles. The number of hydrogen-bond donors (Lipinski definition) is 0. The van der Waals surface area contributed by atoms with E-state index in [1.54, 1.807) is 36.3 Å². The van der Waals surface area contributed by atoms with Crippen LogP contribution in [0.15, 0.2) is 41.3 Å². The molecular formula is C27H33N3O5S2. The zero-order chi connectivity index (χ0) is 26.2. The molecule has 3 heterocycles. The SMILES string of the molecule is COc1ccc(S(=O)(=O)N2CCCC(C(=O)N(CC3CCCO3)c3nc4cc(C)cc(C)c4s3)C2)cc1. The fraction of sp³-hybridized carbons (Fsp3) is 0.481. The van der Waals surface area contributed by atoms with Crippen molar-refractivity contribution in [3.63, 3.8) is 0 Å². The van der Waals surface area contributed by atoms with Crippen LogP contribution in [-0.2, 0) is 19.6 Å². The molecule has 0 spiro atoms. The van der Waals surface area contributed by atoms with Gasteiger partial charge in [0.1, 0.15) is 5.75 Å². The fourth-order valence-corrected chi connectivity index (χ4v) is 7.77. The van der Waals surface area contributed by atoms with Crippen LogP contribution in [0, 0.1) is 19.8 Å². The summed E-state index contributed by atoms with van der Waals surface area (Å²) in [6.45, 7) is 5.77. The lowest BCUT2D eigenvalue weighted by Crippen LogP contribution is -2.48. The average molecular weight is 544 g/mol. The maximum Gasteiger partial charge on any atom is 0.243 e. The molecule has 1 aromatic heterocycles. The molecule has 10 heteroatoms. The van der Waals surface area contributed by atoms with Gasteiger partial charge in [-0.2, -0.15) is 4.31 Å². The van der Waals surface area contributed by atoms with Crippen molar-refractivity contribution in [2.45, 2.75) is 50.5 Å². The molecule has 0 N–H and O–H groups in total. The number of thiazole rings is 1. The molecule has 2 aliphatic rings. The summed E-state index contributed by atoms with van der Waals surface area (Å²) in [4.78, 5) is 20.8. The summed E-state index contributed by atoms with van der Waals surface area (Å²) in [5.74, 6) is 0.0632. The monoisotopic (exact) mass is 543 g/mol. The molecule has 2 atom stereocenters. The van der Waals surface area contributed by atoms with Crippen molar-refractivity contribution >= 4 is 42.6 Å². The molecule has 0 radical (unpaired) electrons. The predicted octanol–water partition coefficient (Wildman–Crippen LogP) is 4.53. The molecule has 2 aliphatic heterocycles. The summed E-state index contributed by atoms with van der Waals surface area (Å²) >= 11 is 1.52. The van der Waals surface area contributed by atoms with E-state index < -0.39 is 15.9 Å². The number of aromatic nitrogens is 1. The second-order valence-electron chi connectivity index (χ2n) is 9.89. The molecule has 3 aromatic rings. The first-order valence-corrected chi connectivity index (χ1v) is 15.0. The van der Waals surface area contributed by atoms with Gasteiger partial charge in [-0.15, -0.1) is 0 Å². The molecule has 198 valence electrons. The molecule has 8 nitrogen and oxygen atoms in total. The number of ether oxygens (including phenoxy) is 2. The van der Waals surface area contributed by atoms with Crippen LogP contribution < -0.4 is 9.64 Å². The number of carbonyl (C=O) groups is 1. The van der Waals surface area contributed by atoms with E-state index in [0.29, 0.717) is 43.4 Å². The lowest BCUT2D eigenvalue weighted by atomic mass is 9.98. The normalized spacial score (nSPS) is 20.8. The van der Waals surface area contributed by atoms with E-state index in [-0.39, 0.29) is 23.5 Å². The quantitative estimate of drug-likeness (QED) is 0.435. The minimum atomic E-state index is -3.73. The van der Waals surface area contributed by atoms with Crippen molar-refractivity contribution in [1.29, 1.82) is 0 Å². The van der Waals surface area contributed by atoms with Gasteiger partial charge < -0.3 is 9.47 Å². The summed E-state index contributed by atoms with van der Waals surface area (Å²) in [6, 6.07) is 10.5. The summed E-state index contributed by atoms with van der Waals surface area (Å²) in [6.07, 6.45) is 3.09. The molecule has 2 unspecified atom stereocenters. The van der Waals surface area contributed by atoms with Crippen molar-refractivity contribution in [2.24, 2.45) is 5.92 Å². The maximum atomic E-state index is 14.0. The predicted molar refractivity (Wildman–Crippen MR) is 145 cm³/mol. The van der Waals surface area contributed by atoms with Crippen LogP contribution in [0.25, 0.3) is 10.2 Å². The molecule has 0 saturated carbocycles. The lowest BCUT2D eigenvalue weighted by Gasteiger charge is -2.34. The van der Waals surface area contributed by atoms with Gasteiger partial charge in [-0.05, 0) is 81.0 Å². The topological polar surface area (TPSA) is 89.0 Å². The number of piperidine rings is 1. The Labute approximate surface area is 222 Å². The largest absolute Gasteiger partial charge is 0.497 e. The van der Waals surface area contributed by atoms with Gasteiger partial charge in [0.2, 0.25) is 15.9 Å². The fourth-order valence-electron chi connectivity index (χ4n) is 5.21.